The fourth-order valence-electron chi connectivity index (χ4n) is 3.36. The minimum Gasteiger partial charge on any atom is -0.350 e. The fraction of sp³-hybridized carbons (Fsp3) is 0.0435. The number of rotatable bonds is 5. The maximum Gasteiger partial charge on any atom is 0.282 e. The van der Waals surface area contributed by atoms with Gasteiger partial charge in [0.15, 0.2) is 0 Å². The molecule has 154 valence electrons. The van der Waals surface area contributed by atoms with Crippen molar-refractivity contribution in [1.82, 2.24) is 0 Å². The Kier molecular flexibility index (Phi) is 5.04. The molecular weight excluding hydrogens is 401 g/mol. The normalized spacial score (nSPS) is 13.7. The van der Waals surface area contributed by atoms with Crippen molar-refractivity contribution in [1.29, 1.82) is 0 Å². The van der Waals surface area contributed by atoms with Crippen LogP contribution >= 0.6 is 0 Å². The lowest BCUT2D eigenvalue weighted by Gasteiger charge is -2.15. The summed E-state index contributed by atoms with van der Waals surface area (Å²) in [6, 6.07) is 17.8. The number of carbonyl (C=O) groups is 2. The molecule has 0 saturated carbocycles. The van der Waals surface area contributed by atoms with E-state index in [0.717, 1.165) is 16.5 Å². The van der Waals surface area contributed by atoms with Gasteiger partial charge in [-0.2, -0.15) is 0 Å². The highest BCUT2D eigenvalue weighted by molar-refractivity contribution is 6.46. The highest BCUT2D eigenvalue weighted by Gasteiger charge is 2.40. The number of amides is 2. The van der Waals surface area contributed by atoms with Crippen LogP contribution in [0.2, 0.25) is 0 Å². The first-order valence-corrected chi connectivity index (χ1v) is 9.33. The molecule has 1 aliphatic heterocycles. The molecule has 1 aliphatic rings. The number of imide groups is 1. The Hall–Kier alpha value is -4.33. The first-order chi connectivity index (χ1) is 14.9. The number of non-ortho nitro benzene ring substituents is 1. The third-order valence-corrected chi connectivity index (χ3v) is 4.92. The molecule has 0 unspecified atom stereocenters. The molecule has 0 radical (unpaired) electrons. The van der Waals surface area contributed by atoms with Gasteiger partial charge in [0.05, 0.1) is 16.2 Å². The summed E-state index contributed by atoms with van der Waals surface area (Å²) in [6.07, 6.45) is 0. The summed E-state index contributed by atoms with van der Waals surface area (Å²) >= 11 is 0. The van der Waals surface area contributed by atoms with Gasteiger partial charge in [0.2, 0.25) is 0 Å². The highest BCUT2D eigenvalue weighted by atomic mass is 19.1. The van der Waals surface area contributed by atoms with Gasteiger partial charge in [-0.1, -0.05) is 24.3 Å². The number of benzene rings is 3. The molecule has 1 N–H and O–H groups in total. The van der Waals surface area contributed by atoms with Crippen LogP contribution < -0.4 is 10.2 Å². The van der Waals surface area contributed by atoms with E-state index in [1.54, 1.807) is 12.1 Å². The van der Waals surface area contributed by atoms with Gasteiger partial charge in [0, 0.05) is 17.8 Å². The first kappa shape index (κ1) is 20.0. The number of aryl methyl sites for hydroxylation is 1. The molecule has 0 fully saturated rings. The number of hydrogen-bond donors (Lipinski definition) is 1. The van der Waals surface area contributed by atoms with Crippen LogP contribution in [0.25, 0.3) is 5.57 Å². The summed E-state index contributed by atoms with van der Waals surface area (Å²) in [7, 11) is 0. The minimum atomic E-state index is -0.652. The fourth-order valence-corrected chi connectivity index (χ4v) is 3.36. The number of nitro benzene ring substituents is 1. The maximum atomic E-state index is 13.8. The molecule has 0 saturated heterocycles. The Labute approximate surface area is 176 Å². The van der Waals surface area contributed by atoms with Crippen LogP contribution in [0.4, 0.5) is 21.5 Å². The van der Waals surface area contributed by atoms with Gasteiger partial charge in [-0.25, -0.2) is 9.29 Å². The number of hydrogen-bond acceptors (Lipinski definition) is 5. The predicted octanol–water partition coefficient (Wildman–Crippen LogP) is 4.44. The topological polar surface area (TPSA) is 92.6 Å². The van der Waals surface area contributed by atoms with Crippen molar-refractivity contribution >= 4 is 34.4 Å². The number of nitrogens with one attached hydrogen (secondary N) is 1. The zero-order valence-electron chi connectivity index (χ0n) is 16.3. The summed E-state index contributed by atoms with van der Waals surface area (Å²) in [5.74, 6) is -1.89. The third kappa shape index (κ3) is 3.66. The predicted molar refractivity (Wildman–Crippen MR) is 114 cm³/mol. The Morgan fingerprint density at radius 3 is 2.29 bits per heavy atom. The largest absolute Gasteiger partial charge is 0.350 e. The summed E-state index contributed by atoms with van der Waals surface area (Å²) < 4.78 is 13.8. The smallest absolute Gasteiger partial charge is 0.282 e. The lowest BCUT2D eigenvalue weighted by molar-refractivity contribution is -0.384. The molecule has 31 heavy (non-hydrogen) atoms. The van der Waals surface area contributed by atoms with Gasteiger partial charge in [-0.3, -0.25) is 19.7 Å². The van der Waals surface area contributed by atoms with Crippen LogP contribution in [0.1, 0.15) is 11.1 Å². The average Bonchev–Trinajstić information content (AvgIpc) is 2.99. The van der Waals surface area contributed by atoms with Gasteiger partial charge in [-0.05, 0) is 54.4 Å². The van der Waals surface area contributed by atoms with E-state index >= 15 is 0 Å². The van der Waals surface area contributed by atoms with Crippen molar-refractivity contribution in [3.05, 3.63) is 106 Å². The Balaban J connectivity index is 1.84. The molecule has 4 rings (SSSR count). The summed E-state index contributed by atoms with van der Waals surface area (Å²) in [6.45, 7) is 1.85. The van der Waals surface area contributed by atoms with Gasteiger partial charge in [-0.15, -0.1) is 0 Å². The first-order valence-electron chi connectivity index (χ1n) is 9.33. The second-order valence-corrected chi connectivity index (χ2v) is 6.92. The molecule has 3 aromatic carbocycles. The number of halogens is 1. The lowest BCUT2D eigenvalue weighted by Crippen LogP contribution is -2.32. The summed E-state index contributed by atoms with van der Waals surface area (Å²) in [5.41, 5.74) is 1.82. The van der Waals surface area contributed by atoms with Gasteiger partial charge in [0.25, 0.3) is 17.5 Å². The van der Waals surface area contributed by atoms with E-state index in [-0.39, 0.29) is 22.6 Å². The average molecular weight is 417 g/mol. The molecule has 1 heterocycles. The van der Waals surface area contributed by atoms with E-state index in [9.17, 15) is 24.1 Å². The molecule has 0 bridgehead atoms. The van der Waals surface area contributed by atoms with Crippen LogP contribution in [0.5, 0.6) is 0 Å². The van der Waals surface area contributed by atoms with Crippen LogP contribution in [0.3, 0.4) is 0 Å². The molecule has 2 amide bonds. The zero-order chi connectivity index (χ0) is 22.1. The number of carbonyl (C=O) groups excluding carboxylic acids is 2. The maximum absolute atomic E-state index is 13.8. The number of anilines is 2. The molecule has 0 aromatic heterocycles. The monoisotopic (exact) mass is 417 g/mol. The van der Waals surface area contributed by atoms with Crippen molar-refractivity contribution in [3.63, 3.8) is 0 Å². The number of para-hydroxylation sites is 1. The standard InChI is InChI=1S/C23H16FN3O4/c1-14-5-2-3-8-19(14)25-21-20(15-9-11-17(12-10-15)27(30)31)22(28)26(23(21)29)18-7-4-6-16(24)13-18/h2-13,25H,1H3. The molecular formula is C23H16FN3O4. The van der Waals surface area contributed by atoms with Crippen molar-refractivity contribution in [2.24, 2.45) is 0 Å². The molecule has 0 spiro atoms. The third-order valence-electron chi connectivity index (χ3n) is 4.92. The molecule has 0 atom stereocenters. The van der Waals surface area contributed by atoms with Crippen molar-refractivity contribution in [2.45, 2.75) is 6.92 Å². The van der Waals surface area contributed by atoms with E-state index in [2.05, 4.69) is 5.32 Å². The summed E-state index contributed by atoms with van der Waals surface area (Å²) in [5, 5.41) is 14.0. The Morgan fingerprint density at radius 1 is 0.935 bits per heavy atom. The van der Waals surface area contributed by atoms with Crippen molar-refractivity contribution in [2.75, 3.05) is 10.2 Å². The molecule has 3 aromatic rings. The lowest BCUT2D eigenvalue weighted by atomic mass is 10.0. The molecule has 0 aliphatic carbocycles. The zero-order valence-corrected chi connectivity index (χ0v) is 16.3. The Morgan fingerprint density at radius 2 is 1.65 bits per heavy atom. The van der Waals surface area contributed by atoms with Crippen LogP contribution in [0.15, 0.2) is 78.5 Å². The number of nitrogens with zero attached hydrogens (tertiary/aromatic N) is 2. The Bertz CT molecular complexity index is 1250. The van der Waals surface area contributed by atoms with E-state index in [1.165, 1.54) is 42.5 Å². The SMILES string of the molecule is Cc1ccccc1NC1=C(c2ccc([N+](=O)[O-])cc2)C(=O)N(c2cccc(F)c2)C1=O. The van der Waals surface area contributed by atoms with Gasteiger partial charge in [0.1, 0.15) is 11.5 Å². The molecule has 7 nitrogen and oxygen atoms in total. The van der Waals surface area contributed by atoms with Crippen LogP contribution in [-0.2, 0) is 9.59 Å². The quantitative estimate of drug-likeness (QED) is 0.376. The van der Waals surface area contributed by atoms with E-state index in [4.69, 9.17) is 0 Å². The molecule has 8 heteroatoms. The van der Waals surface area contributed by atoms with Gasteiger partial charge >= 0.3 is 0 Å². The van der Waals surface area contributed by atoms with Crippen LogP contribution in [-0.4, -0.2) is 16.7 Å². The van der Waals surface area contributed by atoms with E-state index in [1.807, 2.05) is 19.1 Å². The number of nitro groups is 1. The van der Waals surface area contributed by atoms with Crippen molar-refractivity contribution < 1.29 is 18.9 Å². The van der Waals surface area contributed by atoms with Crippen molar-refractivity contribution in [3.8, 4) is 0 Å². The van der Waals surface area contributed by atoms with E-state index < -0.39 is 22.6 Å². The second-order valence-electron chi connectivity index (χ2n) is 6.92. The van der Waals surface area contributed by atoms with E-state index in [0.29, 0.717) is 11.3 Å². The second kappa shape index (κ2) is 7.83. The summed E-state index contributed by atoms with van der Waals surface area (Å²) in [4.78, 5) is 37.9. The van der Waals surface area contributed by atoms with Crippen LogP contribution in [0, 0.1) is 22.9 Å². The van der Waals surface area contributed by atoms with Gasteiger partial charge < -0.3 is 5.32 Å². The highest BCUT2D eigenvalue weighted by Crippen LogP contribution is 2.35. The minimum absolute atomic E-state index is 0.0115.